The second kappa shape index (κ2) is 5.97. The van der Waals surface area contributed by atoms with Crippen LogP contribution >= 0.6 is 11.6 Å². The third-order valence-electron chi connectivity index (χ3n) is 1.63. The molecule has 0 spiro atoms. The van der Waals surface area contributed by atoms with Gasteiger partial charge in [0.25, 0.3) is 0 Å². The highest BCUT2D eigenvalue weighted by atomic mass is 35.5. The fourth-order valence-corrected chi connectivity index (χ4v) is 2.08. The molecule has 0 aromatic carbocycles. The highest BCUT2D eigenvalue weighted by Crippen LogP contribution is 2.07. The van der Waals surface area contributed by atoms with E-state index in [9.17, 15) is 8.42 Å². The van der Waals surface area contributed by atoms with E-state index in [1.165, 1.54) is 19.4 Å². The minimum atomic E-state index is -3.44. The van der Waals surface area contributed by atoms with Gasteiger partial charge < -0.3 is 4.74 Å². The van der Waals surface area contributed by atoms with E-state index in [0.717, 1.165) is 0 Å². The molecule has 1 heterocycles. The first-order valence-corrected chi connectivity index (χ1v) is 6.54. The second-order valence-corrected chi connectivity index (χ2v) is 5.20. The maximum Gasteiger partial charge on any atom is 0.237 e. The normalized spacial score (nSPS) is 11.4. The van der Waals surface area contributed by atoms with Crippen molar-refractivity contribution in [3.63, 3.8) is 0 Å². The van der Waals surface area contributed by atoms with Gasteiger partial charge in [0.05, 0.1) is 5.75 Å². The average Bonchev–Trinajstić information content (AvgIpc) is 2.17. The van der Waals surface area contributed by atoms with E-state index >= 15 is 0 Å². The van der Waals surface area contributed by atoms with Crippen LogP contribution in [0.25, 0.3) is 0 Å². The smallest absolute Gasteiger partial charge is 0.237 e. The summed E-state index contributed by atoms with van der Waals surface area (Å²) in [6, 6.07) is 1.46. The number of sulfonamides is 1. The molecule has 0 fully saturated rings. The zero-order valence-electron chi connectivity index (χ0n) is 8.68. The quantitative estimate of drug-likeness (QED) is 0.611. The molecule has 1 N–H and O–H groups in total. The van der Waals surface area contributed by atoms with Crippen LogP contribution in [0.4, 0.5) is 5.95 Å². The van der Waals surface area contributed by atoms with Crippen molar-refractivity contribution in [1.82, 2.24) is 9.97 Å². The van der Waals surface area contributed by atoms with E-state index in [1.807, 2.05) is 0 Å². The lowest BCUT2D eigenvalue weighted by Gasteiger charge is -2.05. The van der Waals surface area contributed by atoms with E-state index in [-0.39, 0.29) is 16.9 Å². The Balaban J connectivity index is 2.59. The number of methoxy groups -OCH3 is 1. The molecule has 8 heteroatoms. The van der Waals surface area contributed by atoms with E-state index in [0.29, 0.717) is 13.0 Å². The SMILES string of the molecule is COCCCS(=O)(=O)Nc1nccc(Cl)n1. The van der Waals surface area contributed by atoms with Crippen LogP contribution in [0.3, 0.4) is 0 Å². The summed E-state index contributed by atoms with van der Waals surface area (Å²) < 4.78 is 30.0. The van der Waals surface area contributed by atoms with Gasteiger partial charge in [-0.1, -0.05) is 11.6 Å². The average molecular weight is 266 g/mol. The van der Waals surface area contributed by atoms with Crippen LogP contribution in [0, 0.1) is 0 Å². The number of rotatable bonds is 6. The summed E-state index contributed by atoms with van der Waals surface area (Å²) in [4.78, 5) is 7.46. The Morgan fingerprint density at radius 3 is 2.94 bits per heavy atom. The number of nitrogens with zero attached hydrogens (tertiary/aromatic N) is 2. The van der Waals surface area contributed by atoms with Crippen molar-refractivity contribution in [1.29, 1.82) is 0 Å². The monoisotopic (exact) mass is 265 g/mol. The molecule has 0 aliphatic heterocycles. The molecule has 0 radical (unpaired) electrons. The zero-order valence-corrected chi connectivity index (χ0v) is 10.3. The summed E-state index contributed by atoms with van der Waals surface area (Å²) in [7, 11) is -1.92. The summed E-state index contributed by atoms with van der Waals surface area (Å²) in [6.45, 7) is 0.386. The fourth-order valence-electron chi connectivity index (χ4n) is 0.969. The lowest BCUT2D eigenvalue weighted by atomic mass is 10.5. The number of anilines is 1. The molecule has 0 aliphatic carbocycles. The maximum atomic E-state index is 11.5. The summed E-state index contributed by atoms with van der Waals surface area (Å²) in [5.41, 5.74) is 0. The van der Waals surface area contributed by atoms with Gasteiger partial charge in [-0.2, -0.15) is 0 Å². The molecule has 0 amide bonds. The van der Waals surface area contributed by atoms with Crippen molar-refractivity contribution < 1.29 is 13.2 Å². The van der Waals surface area contributed by atoms with Gasteiger partial charge in [-0.15, -0.1) is 0 Å². The Kier molecular flexibility index (Phi) is 4.91. The molecule has 0 aliphatic rings. The predicted octanol–water partition coefficient (Wildman–Crippen LogP) is 0.908. The first kappa shape index (κ1) is 13.1. The number of aromatic nitrogens is 2. The van der Waals surface area contributed by atoms with Crippen LogP contribution in [-0.2, 0) is 14.8 Å². The van der Waals surface area contributed by atoms with Crippen molar-refractivity contribution in [2.75, 3.05) is 24.2 Å². The third kappa shape index (κ3) is 4.73. The summed E-state index contributed by atoms with van der Waals surface area (Å²) in [5.74, 6) is -0.0682. The highest BCUT2D eigenvalue weighted by Gasteiger charge is 2.11. The van der Waals surface area contributed by atoms with Crippen LogP contribution in [0.15, 0.2) is 12.3 Å². The number of halogens is 1. The topological polar surface area (TPSA) is 81.2 Å². The van der Waals surface area contributed by atoms with E-state index in [1.54, 1.807) is 0 Å². The molecule has 0 saturated heterocycles. The van der Waals surface area contributed by atoms with Gasteiger partial charge in [-0.3, -0.25) is 4.72 Å². The number of nitrogens with one attached hydrogen (secondary N) is 1. The molecular formula is C8H12ClN3O3S. The molecule has 6 nitrogen and oxygen atoms in total. The molecule has 0 saturated carbocycles. The van der Waals surface area contributed by atoms with Crippen molar-refractivity contribution in [3.8, 4) is 0 Å². The molecule has 1 rings (SSSR count). The summed E-state index contributed by atoms with van der Waals surface area (Å²) >= 11 is 5.59. The van der Waals surface area contributed by atoms with Gasteiger partial charge in [0.15, 0.2) is 0 Å². The largest absolute Gasteiger partial charge is 0.385 e. The van der Waals surface area contributed by atoms with Crippen LogP contribution in [0.2, 0.25) is 5.15 Å². The molecule has 0 bridgehead atoms. The van der Waals surface area contributed by atoms with Gasteiger partial charge in [0.2, 0.25) is 16.0 Å². The van der Waals surface area contributed by atoms with E-state index < -0.39 is 10.0 Å². The number of ether oxygens (including phenoxy) is 1. The molecule has 1 aromatic rings. The Bertz CT molecular complexity index is 438. The summed E-state index contributed by atoms with van der Waals surface area (Å²) in [6.07, 6.45) is 1.79. The van der Waals surface area contributed by atoms with Crippen molar-refractivity contribution >= 4 is 27.6 Å². The van der Waals surface area contributed by atoms with Gasteiger partial charge in [0, 0.05) is 19.9 Å². The van der Waals surface area contributed by atoms with Gasteiger partial charge >= 0.3 is 0 Å². The van der Waals surface area contributed by atoms with Crippen molar-refractivity contribution in [3.05, 3.63) is 17.4 Å². The molecule has 1 aromatic heterocycles. The lowest BCUT2D eigenvalue weighted by molar-refractivity contribution is 0.199. The Labute approximate surface area is 99.1 Å². The van der Waals surface area contributed by atoms with E-state index in [4.69, 9.17) is 16.3 Å². The van der Waals surface area contributed by atoms with Crippen LogP contribution in [-0.4, -0.2) is 37.9 Å². The lowest BCUT2D eigenvalue weighted by Crippen LogP contribution is -2.19. The van der Waals surface area contributed by atoms with Crippen molar-refractivity contribution in [2.24, 2.45) is 0 Å². The maximum absolute atomic E-state index is 11.5. The van der Waals surface area contributed by atoms with Crippen LogP contribution in [0.5, 0.6) is 0 Å². The molecule has 0 atom stereocenters. The third-order valence-corrected chi connectivity index (χ3v) is 3.16. The predicted molar refractivity (Wildman–Crippen MR) is 60.9 cm³/mol. The van der Waals surface area contributed by atoms with Crippen LogP contribution < -0.4 is 4.72 Å². The Hall–Kier alpha value is -0.920. The second-order valence-electron chi connectivity index (χ2n) is 2.97. The van der Waals surface area contributed by atoms with Gasteiger partial charge in [-0.05, 0) is 12.5 Å². The highest BCUT2D eigenvalue weighted by molar-refractivity contribution is 7.92. The van der Waals surface area contributed by atoms with Crippen molar-refractivity contribution in [2.45, 2.75) is 6.42 Å². The minimum Gasteiger partial charge on any atom is -0.385 e. The first-order valence-electron chi connectivity index (χ1n) is 4.51. The zero-order chi connectivity index (χ0) is 12.0. The molecule has 90 valence electrons. The standard InChI is InChI=1S/C8H12ClN3O3S/c1-15-5-2-6-16(13,14)12-8-10-4-3-7(9)11-8/h3-4H,2,5-6H2,1H3,(H,10,11,12). The minimum absolute atomic E-state index is 0.0232. The Morgan fingerprint density at radius 1 is 1.56 bits per heavy atom. The van der Waals surface area contributed by atoms with Gasteiger partial charge in [-0.25, -0.2) is 18.4 Å². The Morgan fingerprint density at radius 2 is 2.31 bits per heavy atom. The molecular weight excluding hydrogens is 254 g/mol. The number of hydrogen-bond acceptors (Lipinski definition) is 5. The molecule has 0 unspecified atom stereocenters. The van der Waals surface area contributed by atoms with E-state index in [2.05, 4.69) is 14.7 Å². The van der Waals surface area contributed by atoms with Crippen LogP contribution in [0.1, 0.15) is 6.42 Å². The fraction of sp³-hybridized carbons (Fsp3) is 0.500. The number of hydrogen-bond donors (Lipinski definition) is 1. The molecule has 16 heavy (non-hydrogen) atoms. The first-order chi connectivity index (χ1) is 7.53. The van der Waals surface area contributed by atoms with Gasteiger partial charge in [0.1, 0.15) is 5.15 Å². The summed E-state index contributed by atoms with van der Waals surface area (Å²) in [5, 5.41) is 0.185.